The topological polar surface area (TPSA) is 137 Å². The van der Waals surface area contributed by atoms with Gasteiger partial charge in [0, 0.05) is 0 Å². The zero-order chi connectivity index (χ0) is 17.1. The summed E-state index contributed by atoms with van der Waals surface area (Å²) in [7, 11) is 1.26. The summed E-state index contributed by atoms with van der Waals surface area (Å²) in [5.41, 5.74) is 0.813. The van der Waals surface area contributed by atoms with E-state index in [1.807, 2.05) is 0 Å². The lowest BCUT2D eigenvalue weighted by molar-refractivity contribution is -0.277. The number of hydrogen-bond acceptors (Lipinski definition) is 8. The Morgan fingerprint density at radius 3 is 2.26 bits per heavy atom. The van der Waals surface area contributed by atoms with Crippen LogP contribution in [0.4, 0.5) is 0 Å². The van der Waals surface area contributed by atoms with Gasteiger partial charge in [0.2, 0.25) is 0 Å². The van der Waals surface area contributed by atoms with E-state index in [1.165, 1.54) is 37.5 Å². The third-order valence-corrected chi connectivity index (χ3v) is 3.53. The van der Waals surface area contributed by atoms with E-state index in [9.17, 15) is 30.3 Å². The molecule has 0 aliphatic carbocycles. The molecule has 8 heteroatoms. The molecule has 1 aliphatic heterocycles. The molecule has 0 radical (unpaired) electrons. The summed E-state index contributed by atoms with van der Waals surface area (Å²) in [6.07, 6.45) is -6.85. The van der Waals surface area contributed by atoms with E-state index in [2.05, 4.69) is 4.74 Å². The lowest BCUT2D eigenvalue weighted by atomic mass is 9.97. The van der Waals surface area contributed by atoms with Crippen LogP contribution in [0.1, 0.15) is 15.9 Å². The molecule has 0 saturated carbocycles. The highest BCUT2D eigenvalue weighted by Crippen LogP contribution is 2.25. The molecule has 2 rings (SSSR count). The highest BCUT2D eigenvalue weighted by atomic mass is 16.6. The van der Waals surface area contributed by atoms with Crippen molar-refractivity contribution in [2.75, 3.05) is 7.11 Å². The van der Waals surface area contributed by atoms with Gasteiger partial charge in [0.05, 0.1) is 12.7 Å². The van der Waals surface area contributed by atoms with Crippen LogP contribution in [0, 0.1) is 0 Å². The summed E-state index contributed by atoms with van der Waals surface area (Å²) in [6, 6.07) is 6.02. The number of ether oxygens (including phenoxy) is 2. The summed E-state index contributed by atoms with van der Waals surface area (Å²) in [5.74, 6) is -0.954. The highest BCUT2D eigenvalue weighted by molar-refractivity contribution is 5.89. The first-order valence-corrected chi connectivity index (χ1v) is 6.82. The van der Waals surface area contributed by atoms with Gasteiger partial charge in [0.15, 0.2) is 6.29 Å². The van der Waals surface area contributed by atoms with Crippen molar-refractivity contribution in [3.05, 3.63) is 41.2 Å². The second-order valence-corrected chi connectivity index (χ2v) is 5.10. The van der Waals surface area contributed by atoms with Gasteiger partial charge in [-0.15, -0.1) is 0 Å². The molecule has 1 aliphatic rings. The van der Waals surface area contributed by atoms with Crippen LogP contribution >= 0.6 is 0 Å². The predicted molar refractivity (Wildman–Crippen MR) is 77.3 cm³/mol. The normalized spacial score (nSPS) is 31.7. The van der Waals surface area contributed by atoms with Crippen molar-refractivity contribution in [2.24, 2.45) is 0 Å². The van der Waals surface area contributed by atoms with Gasteiger partial charge in [0.1, 0.15) is 30.2 Å². The number of benzene rings is 1. The average molecular weight is 326 g/mol. The van der Waals surface area contributed by atoms with Crippen LogP contribution < -0.4 is 0 Å². The van der Waals surface area contributed by atoms with Gasteiger partial charge in [-0.3, -0.25) is 0 Å². The van der Waals surface area contributed by atoms with Crippen LogP contribution in [0.5, 0.6) is 0 Å². The van der Waals surface area contributed by atoms with Crippen molar-refractivity contribution in [3.8, 4) is 0 Å². The fourth-order valence-corrected chi connectivity index (χ4v) is 2.19. The number of esters is 1. The molecule has 0 aromatic heterocycles. The van der Waals surface area contributed by atoms with Crippen molar-refractivity contribution >= 4 is 12.0 Å². The third-order valence-electron chi connectivity index (χ3n) is 3.53. The minimum absolute atomic E-state index is 0.326. The second-order valence-electron chi connectivity index (χ2n) is 5.10. The van der Waals surface area contributed by atoms with Gasteiger partial charge in [0.25, 0.3) is 0 Å². The maximum atomic E-state index is 11.3. The quantitative estimate of drug-likeness (QED) is 0.359. The van der Waals surface area contributed by atoms with Gasteiger partial charge in [-0.05, 0) is 23.8 Å². The first-order valence-electron chi connectivity index (χ1n) is 6.82. The Bertz CT molecular complexity index is 582. The SMILES string of the molecule is COC(=O)c1ccc(C=C(O)[C@H]2OC(O)[C@H](O)[C@@H](O)[C@@H]2O)cc1. The average Bonchev–Trinajstić information content (AvgIpc) is 2.56. The van der Waals surface area contributed by atoms with E-state index >= 15 is 0 Å². The van der Waals surface area contributed by atoms with E-state index in [1.54, 1.807) is 0 Å². The standard InChI is InChI=1S/C15H18O8/c1-22-14(20)8-4-2-7(3-5-8)6-9(16)13-11(18)10(17)12(19)15(21)23-13/h2-6,10-13,15-19,21H,1H3/t10-,11-,12+,13+,15?/m0/s1. The number of carbonyl (C=O) groups is 1. The Morgan fingerprint density at radius 2 is 1.70 bits per heavy atom. The van der Waals surface area contributed by atoms with Crippen LogP contribution in [0.3, 0.4) is 0 Å². The molecule has 0 amide bonds. The molecule has 1 aromatic rings. The number of carbonyl (C=O) groups excluding carboxylic acids is 1. The summed E-state index contributed by atoms with van der Waals surface area (Å²) in [5, 5.41) is 48.3. The summed E-state index contributed by atoms with van der Waals surface area (Å²) < 4.78 is 9.46. The fraction of sp³-hybridized carbons (Fsp3) is 0.400. The van der Waals surface area contributed by atoms with Crippen LogP contribution in [0.15, 0.2) is 30.0 Å². The Kier molecular flexibility index (Phi) is 5.34. The first-order chi connectivity index (χ1) is 10.8. The number of aliphatic hydroxyl groups is 5. The van der Waals surface area contributed by atoms with Crippen molar-refractivity contribution in [1.82, 2.24) is 0 Å². The third kappa shape index (κ3) is 3.69. The number of rotatable bonds is 3. The molecule has 0 spiro atoms. The van der Waals surface area contributed by atoms with E-state index in [0.29, 0.717) is 11.1 Å². The monoisotopic (exact) mass is 326 g/mol. The van der Waals surface area contributed by atoms with Gasteiger partial charge in [-0.25, -0.2) is 4.79 Å². The van der Waals surface area contributed by atoms with E-state index in [-0.39, 0.29) is 0 Å². The summed E-state index contributed by atoms with van der Waals surface area (Å²) in [4.78, 5) is 11.3. The number of hydrogen-bond donors (Lipinski definition) is 5. The van der Waals surface area contributed by atoms with Gasteiger partial charge >= 0.3 is 5.97 Å². The van der Waals surface area contributed by atoms with Gasteiger partial charge in [-0.1, -0.05) is 12.1 Å². The Morgan fingerprint density at radius 1 is 1.09 bits per heavy atom. The number of aliphatic hydroxyl groups excluding tert-OH is 5. The zero-order valence-corrected chi connectivity index (χ0v) is 12.2. The minimum Gasteiger partial charge on any atom is -0.509 e. The lowest BCUT2D eigenvalue weighted by Crippen LogP contribution is -2.57. The first kappa shape index (κ1) is 17.4. The molecule has 1 aromatic carbocycles. The van der Waals surface area contributed by atoms with E-state index in [4.69, 9.17) is 4.74 Å². The summed E-state index contributed by atoms with van der Waals surface area (Å²) >= 11 is 0. The molecule has 5 atom stereocenters. The Hall–Kier alpha value is -1.97. The van der Waals surface area contributed by atoms with Crippen LogP contribution in [-0.4, -0.2) is 69.3 Å². The van der Waals surface area contributed by atoms with Crippen molar-refractivity contribution < 1.29 is 39.8 Å². The minimum atomic E-state index is -1.74. The lowest BCUT2D eigenvalue weighted by Gasteiger charge is -2.37. The Balaban J connectivity index is 2.17. The Labute approximate surface area is 131 Å². The van der Waals surface area contributed by atoms with Gasteiger partial charge < -0.3 is 35.0 Å². The molecule has 0 bridgehead atoms. The molecule has 1 unspecified atom stereocenters. The molecule has 126 valence electrons. The largest absolute Gasteiger partial charge is 0.509 e. The van der Waals surface area contributed by atoms with Crippen LogP contribution in [-0.2, 0) is 9.47 Å². The smallest absolute Gasteiger partial charge is 0.337 e. The van der Waals surface area contributed by atoms with Crippen molar-refractivity contribution in [2.45, 2.75) is 30.7 Å². The summed E-state index contributed by atoms with van der Waals surface area (Å²) in [6.45, 7) is 0. The molecule has 1 heterocycles. The van der Waals surface area contributed by atoms with E-state index < -0.39 is 42.4 Å². The van der Waals surface area contributed by atoms with Crippen molar-refractivity contribution in [3.63, 3.8) is 0 Å². The van der Waals surface area contributed by atoms with Crippen molar-refractivity contribution in [1.29, 1.82) is 0 Å². The zero-order valence-electron chi connectivity index (χ0n) is 12.2. The molecule has 8 nitrogen and oxygen atoms in total. The van der Waals surface area contributed by atoms with Gasteiger partial charge in [-0.2, -0.15) is 0 Å². The van der Waals surface area contributed by atoms with Crippen LogP contribution in [0.25, 0.3) is 6.08 Å². The van der Waals surface area contributed by atoms with E-state index in [0.717, 1.165) is 0 Å². The maximum Gasteiger partial charge on any atom is 0.337 e. The molecule has 23 heavy (non-hydrogen) atoms. The molecule has 5 N–H and O–H groups in total. The highest BCUT2D eigenvalue weighted by Gasteiger charge is 2.44. The fourth-order valence-electron chi connectivity index (χ4n) is 2.19. The maximum absolute atomic E-state index is 11.3. The number of methoxy groups -OCH3 is 1. The molecule has 1 fully saturated rings. The van der Waals surface area contributed by atoms with Crippen LogP contribution in [0.2, 0.25) is 0 Å². The molecular formula is C15H18O8. The second kappa shape index (κ2) is 7.07. The predicted octanol–water partition coefficient (Wildman–Crippen LogP) is -0.828. The molecular weight excluding hydrogens is 308 g/mol. The molecule has 1 saturated heterocycles.